The van der Waals surface area contributed by atoms with Crippen molar-refractivity contribution in [3.8, 4) is 0 Å². The monoisotopic (exact) mass is 208 g/mol. The quantitative estimate of drug-likeness (QED) is 0.676. The molecule has 5 N–H and O–H groups in total. The van der Waals surface area contributed by atoms with Gasteiger partial charge in [0.1, 0.15) is 0 Å². The van der Waals surface area contributed by atoms with Crippen molar-refractivity contribution in [2.45, 2.75) is 18.9 Å². The van der Waals surface area contributed by atoms with Crippen LogP contribution >= 0.6 is 0 Å². The van der Waals surface area contributed by atoms with E-state index in [1.807, 2.05) is 0 Å². The van der Waals surface area contributed by atoms with Gasteiger partial charge < -0.3 is 16.6 Å². The summed E-state index contributed by atoms with van der Waals surface area (Å²) in [5.41, 5.74) is 12.5. The number of hydrogen-bond donors (Lipinski definition) is 3. The molecule has 0 saturated carbocycles. The van der Waals surface area contributed by atoms with Gasteiger partial charge in [-0.3, -0.25) is 0 Å². The van der Waals surface area contributed by atoms with E-state index in [0.29, 0.717) is 6.54 Å². The predicted octanol–water partition coefficient (Wildman–Crippen LogP) is 1.12. The lowest BCUT2D eigenvalue weighted by Crippen LogP contribution is -2.12. The Bertz CT molecular complexity index is 322. The van der Waals surface area contributed by atoms with E-state index in [9.17, 15) is 4.79 Å². The summed E-state index contributed by atoms with van der Waals surface area (Å²) in [5.74, 6) is -0.919. The first-order chi connectivity index (χ1) is 7.15. The van der Waals surface area contributed by atoms with Crippen LogP contribution in [0.25, 0.3) is 0 Å². The molecule has 0 bridgehead atoms. The highest BCUT2D eigenvalue weighted by molar-refractivity contribution is 5.87. The van der Waals surface area contributed by atoms with Crippen LogP contribution in [0.5, 0.6) is 0 Å². The minimum atomic E-state index is -0.919. The zero-order valence-electron chi connectivity index (χ0n) is 8.52. The Morgan fingerprint density at radius 1 is 1.33 bits per heavy atom. The number of carbonyl (C=O) groups is 1. The van der Waals surface area contributed by atoms with Gasteiger partial charge in [-0.1, -0.05) is 12.1 Å². The minimum Gasteiger partial charge on any atom is -0.478 e. The van der Waals surface area contributed by atoms with Crippen molar-refractivity contribution in [3.63, 3.8) is 0 Å². The van der Waals surface area contributed by atoms with Gasteiger partial charge in [0.15, 0.2) is 0 Å². The summed E-state index contributed by atoms with van der Waals surface area (Å²) in [6, 6.07) is 6.59. The average molecular weight is 208 g/mol. The third kappa shape index (κ3) is 3.34. The fraction of sp³-hybridized carbons (Fsp3) is 0.364. The Morgan fingerprint density at radius 3 is 2.40 bits per heavy atom. The van der Waals surface area contributed by atoms with Gasteiger partial charge in [0.25, 0.3) is 0 Å². The predicted molar refractivity (Wildman–Crippen MR) is 58.6 cm³/mol. The molecule has 0 unspecified atom stereocenters. The highest BCUT2D eigenvalue weighted by Gasteiger charge is 2.07. The number of aromatic carboxylic acids is 1. The second-order valence-electron chi connectivity index (χ2n) is 3.46. The normalized spacial score (nSPS) is 12.4. The SMILES string of the molecule is NCCC[C@H](N)c1ccc(C(=O)O)cc1. The van der Waals surface area contributed by atoms with Crippen LogP contribution in [0.1, 0.15) is 34.8 Å². The summed E-state index contributed by atoms with van der Waals surface area (Å²) >= 11 is 0. The molecule has 4 heteroatoms. The fourth-order valence-corrected chi connectivity index (χ4v) is 1.38. The molecule has 0 heterocycles. The Hall–Kier alpha value is -1.39. The summed E-state index contributed by atoms with van der Waals surface area (Å²) in [5, 5.41) is 8.71. The lowest BCUT2D eigenvalue weighted by molar-refractivity contribution is 0.0697. The number of nitrogens with two attached hydrogens (primary N) is 2. The molecule has 1 rings (SSSR count). The van der Waals surface area contributed by atoms with Crippen molar-refractivity contribution in [2.75, 3.05) is 6.54 Å². The third-order valence-electron chi connectivity index (χ3n) is 2.31. The van der Waals surface area contributed by atoms with Crippen LogP contribution in [0, 0.1) is 0 Å². The van der Waals surface area contributed by atoms with Crippen LogP contribution in [0.4, 0.5) is 0 Å². The van der Waals surface area contributed by atoms with Crippen molar-refractivity contribution in [3.05, 3.63) is 35.4 Å². The smallest absolute Gasteiger partial charge is 0.335 e. The largest absolute Gasteiger partial charge is 0.478 e. The van der Waals surface area contributed by atoms with Crippen LogP contribution < -0.4 is 11.5 Å². The van der Waals surface area contributed by atoms with Crippen molar-refractivity contribution in [1.82, 2.24) is 0 Å². The molecule has 1 atom stereocenters. The van der Waals surface area contributed by atoms with E-state index in [1.165, 1.54) is 0 Å². The molecule has 0 aliphatic carbocycles. The Morgan fingerprint density at radius 2 is 1.93 bits per heavy atom. The molecule has 0 saturated heterocycles. The average Bonchev–Trinajstić information content (AvgIpc) is 2.26. The van der Waals surface area contributed by atoms with Gasteiger partial charge in [0.05, 0.1) is 5.56 Å². The number of rotatable bonds is 5. The molecule has 1 aromatic rings. The third-order valence-corrected chi connectivity index (χ3v) is 2.31. The molecule has 0 amide bonds. The molecule has 15 heavy (non-hydrogen) atoms. The van der Waals surface area contributed by atoms with Crippen LogP contribution in [0.15, 0.2) is 24.3 Å². The van der Waals surface area contributed by atoms with E-state index in [-0.39, 0.29) is 11.6 Å². The second kappa shape index (κ2) is 5.48. The first-order valence-corrected chi connectivity index (χ1v) is 4.94. The Kier molecular flexibility index (Phi) is 4.27. The van der Waals surface area contributed by atoms with Crippen molar-refractivity contribution in [2.24, 2.45) is 11.5 Å². The van der Waals surface area contributed by atoms with E-state index >= 15 is 0 Å². The van der Waals surface area contributed by atoms with E-state index in [1.54, 1.807) is 24.3 Å². The molecule has 82 valence electrons. The lowest BCUT2D eigenvalue weighted by Gasteiger charge is -2.11. The highest BCUT2D eigenvalue weighted by atomic mass is 16.4. The van der Waals surface area contributed by atoms with Gasteiger partial charge in [0, 0.05) is 6.04 Å². The summed E-state index contributed by atoms with van der Waals surface area (Å²) in [4.78, 5) is 10.6. The number of carboxylic acid groups (broad SMARTS) is 1. The number of hydrogen-bond acceptors (Lipinski definition) is 3. The molecule has 0 aliphatic rings. The fourth-order valence-electron chi connectivity index (χ4n) is 1.38. The van der Waals surface area contributed by atoms with Crippen LogP contribution in [0.3, 0.4) is 0 Å². The molecule has 0 spiro atoms. The molecule has 0 fully saturated rings. The standard InChI is InChI=1S/C11H16N2O2/c12-7-1-2-10(13)8-3-5-9(6-4-8)11(14)15/h3-6,10H,1-2,7,12-13H2,(H,14,15)/t10-/m0/s1. The Labute approximate surface area is 88.9 Å². The maximum absolute atomic E-state index is 10.6. The van der Waals surface area contributed by atoms with Crippen LogP contribution in [0.2, 0.25) is 0 Å². The molecule has 0 radical (unpaired) electrons. The summed E-state index contributed by atoms with van der Waals surface area (Å²) in [6.07, 6.45) is 1.70. The first-order valence-electron chi connectivity index (χ1n) is 4.94. The summed E-state index contributed by atoms with van der Waals surface area (Å²) < 4.78 is 0. The number of carboxylic acids is 1. The van der Waals surface area contributed by atoms with Gasteiger partial charge in [-0.15, -0.1) is 0 Å². The first kappa shape index (κ1) is 11.7. The van der Waals surface area contributed by atoms with Crippen molar-refractivity contribution >= 4 is 5.97 Å². The molecular formula is C11H16N2O2. The summed E-state index contributed by atoms with van der Waals surface area (Å²) in [6.45, 7) is 0.626. The Balaban J connectivity index is 2.66. The second-order valence-corrected chi connectivity index (χ2v) is 3.46. The molecule has 1 aromatic carbocycles. The van der Waals surface area contributed by atoms with Crippen LogP contribution in [-0.2, 0) is 0 Å². The van der Waals surface area contributed by atoms with Crippen LogP contribution in [-0.4, -0.2) is 17.6 Å². The zero-order chi connectivity index (χ0) is 11.3. The maximum atomic E-state index is 10.6. The maximum Gasteiger partial charge on any atom is 0.335 e. The molecule has 0 aromatic heterocycles. The van der Waals surface area contributed by atoms with Gasteiger partial charge in [0.2, 0.25) is 0 Å². The van der Waals surface area contributed by atoms with Gasteiger partial charge in [-0.25, -0.2) is 4.79 Å². The highest BCUT2D eigenvalue weighted by Crippen LogP contribution is 2.16. The molecule has 4 nitrogen and oxygen atoms in total. The van der Waals surface area contributed by atoms with Gasteiger partial charge in [-0.05, 0) is 37.1 Å². The van der Waals surface area contributed by atoms with E-state index < -0.39 is 5.97 Å². The summed E-state index contributed by atoms with van der Waals surface area (Å²) in [7, 11) is 0. The van der Waals surface area contributed by atoms with Gasteiger partial charge in [-0.2, -0.15) is 0 Å². The molecule has 0 aliphatic heterocycles. The zero-order valence-corrected chi connectivity index (χ0v) is 8.52. The van der Waals surface area contributed by atoms with E-state index in [4.69, 9.17) is 16.6 Å². The van der Waals surface area contributed by atoms with Crippen molar-refractivity contribution in [1.29, 1.82) is 0 Å². The molecular weight excluding hydrogens is 192 g/mol. The van der Waals surface area contributed by atoms with Crippen molar-refractivity contribution < 1.29 is 9.90 Å². The topological polar surface area (TPSA) is 89.3 Å². The number of benzene rings is 1. The van der Waals surface area contributed by atoms with E-state index in [2.05, 4.69) is 0 Å². The van der Waals surface area contributed by atoms with E-state index in [0.717, 1.165) is 18.4 Å². The minimum absolute atomic E-state index is 0.0589. The lowest BCUT2D eigenvalue weighted by atomic mass is 10.0. The van der Waals surface area contributed by atoms with Gasteiger partial charge >= 0.3 is 5.97 Å².